The van der Waals surface area contributed by atoms with E-state index in [1.165, 1.54) is 46.1 Å². The van der Waals surface area contributed by atoms with Gasteiger partial charge in [-0.05, 0) is 52.3 Å². The largest absolute Gasteiger partial charge is 0.355 e. The van der Waals surface area contributed by atoms with Gasteiger partial charge in [0.15, 0.2) is 0 Å². The number of fused-ring (bicyclic) bond motifs is 2. The lowest BCUT2D eigenvalue weighted by molar-refractivity contribution is 0.333. The van der Waals surface area contributed by atoms with E-state index in [0.717, 1.165) is 0 Å². The molecule has 1 aliphatic rings. The van der Waals surface area contributed by atoms with E-state index in [9.17, 15) is 0 Å². The van der Waals surface area contributed by atoms with Gasteiger partial charge in [0.05, 0.1) is 0 Å². The van der Waals surface area contributed by atoms with Crippen molar-refractivity contribution in [3.05, 3.63) is 71.8 Å². The van der Waals surface area contributed by atoms with Crippen molar-refractivity contribution in [3.63, 3.8) is 0 Å². The number of rotatable bonds is 2. The number of hydrogen-bond acceptors (Lipinski definition) is 1. The minimum Gasteiger partial charge on any atom is -0.355 e. The molecule has 0 heterocycles. The monoisotopic (exact) mass is 329 g/mol. The molecule has 0 fully saturated rings. The second-order valence-corrected chi connectivity index (χ2v) is 8.65. The van der Waals surface area contributed by atoms with Crippen molar-refractivity contribution in [3.8, 4) is 0 Å². The van der Waals surface area contributed by atoms with Crippen LogP contribution in [-0.2, 0) is 10.8 Å². The van der Waals surface area contributed by atoms with Gasteiger partial charge in [0.2, 0.25) is 0 Å². The first-order valence-corrected chi connectivity index (χ1v) is 9.27. The van der Waals surface area contributed by atoms with Crippen LogP contribution in [0.2, 0.25) is 0 Å². The Labute approximate surface area is 151 Å². The number of nitrogens with one attached hydrogen (secondary N) is 1. The lowest BCUT2D eigenvalue weighted by atomic mass is 9.62. The van der Waals surface area contributed by atoms with Crippen LogP contribution in [0.1, 0.15) is 51.7 Å². The molecule has 1 heteroatoms. The van der Waals surface area contributed by atoms with Crippen molar-refractivity contribution in [1.82, 2.24) is 0 Å². The molecular formula is C24H27N. The van der Waals surface area contributed by atoms with Gasteiger partial charge in [0.25, 0.3) is 0 Å². The summed E-state index contributed by atoms with van der Waals surface area (Å²) < 4.78 is 0. The Balaban J connectivity index is 1.87. The average Bonchev–Trinajstić information content (AvgIpc) is 2.59. The predicted octanol–water partition coefficient (Wildman–Crippen LogP) is 6.93. The molecule has 1 aliphatic carbocycles. The van der Waals surface area contributed by atoms with Gasteiger partial charge in [-0.25, -0.2) is 0 Å². The van der Waals surface area contributed by atoms with Crippen molar-refractivity contribution < 1.29 is 0 Å². The summed E-state index contributed by atoms with van der Waals surface area (Å²) in [6.07, 6.45) is 2.46. The quantitative estimate of drug-likeness (QED) is 0.537. The van der Waals surface area contributed by atoms with Gasteiger partial charge in [-0.15, -0.1) is 0 Å². The number of benzene rings is 3. The standard InChI is InChI=1S/C24H27N/c1-23(2)15-16-24(3,4)22-19(23)12-8-14-21(22)25-20-13-7-10-17-9-5-6-11-18(17)20/h5-14,25H,15-16H2,1-4H3. The second kappa shape index (κ2) is 5.62. The van der Waals surface area contributed by atoms with Gasteiger partial charge in [0, 0.05) is 16.8 Å². The molecule has 25 heavy (non-hydrogen) atoms. The predicted molar refractivity (Wildman–Crippen MR) is 109 cm³/mol. The summed E-state index contributed by atoms with van der Waals surface area (Å²) in [5.74, 6) is 0. The molecule has 0 saturated heterocycles. The van der Waals surface area contributed by atoms with E-state index < -0.39 is 0 Å². The molecule has 0 aliphatic heterocycles. The number of hydrogen-bond donors (Lipinski definition) is 1. The van der Waals surface area contributed by atoms with Crippen LogP contribution in [0.3, 0.4) is 0 Å². The molecule has 0 aromatic heterocycles. The summed E-state index contributed by atoms with van der Waals surface area (Å²) in [6.45, 7) is 9.52. The summed E-state index contributed by atoms with van der Waals surface area (Å²) in [5.41, 5.74) is 5.85. The molecule has 0 bridgehead atoms. The third kappa shape index (κ3) is 2.72. The summed E-state index contributed by atoms with van der Waals surface area (Å²) in [4.78, 5) is 0. The van der Waals surface area contributed by atoms with Crippen molar-refractivity contribution in [2.24, 2.45) is 0 Å². The van der Waals surface area contributed by atoms with Crippen LogP contribution in [0.4, 0.5) is 11.4 Å². The van der Waals surface area contributed by atoms with E-state index in [1.807, 2.05) is 0 Å². The van der Waals surface area contributed by atoms with Crippen LogP contribution < -0.4 is 5.32 Å². The Morgan fingerprint density at radius 2 is 1.32 bits per heavy atom. The molecule has 0 saturated carbocycles. The number of anilines is 2. The minimum atomic E-state index is 0.193. The molecular weight excluding hydrogens is 302 g/mol. The summed E-state index contributed by atoms with van der Waals surface area (Å²) in [5, 5.41) is 6.32. The highest BCUT2D eigenvalue weighted by Crippen LogP contribution is 2.49. The van der Waals surface area contributed by atoms with Crippen LogP contribution in [-0.4, -0.2) is 0 Å². The highest BCUT2D eigenvalue weighted by Gasteiger charge is 2.38. The van der Waals surface area contributed by atoms with Crippen LogP contribution >= 0.6 is 0 Å². The van der Waals surface area contributed by atoms with Crippen LogP contribution in [0.15, 0.2) is 60.7 Å². The first-order valence-electron chi connectivity index (χ1n) is 9.27. The van der Waals surface area contributed by atoms with Crippen molar-refractivity contribution >= 4 is 22.1 Å². The second-order valence-electron chi connectivity index (χ2n) is 8.65. The Bertz CT molecular complexity index is 928. The van der Waals surface area contributed by atoms with Gasteiger partial charge in [-0.3, -0.25) is 0 Å². The lowest BCUT2D eigenvalue weighted by Gasteiger charge is -2.43. The van der Waals surface area contributed by atoms with E-state index >= 15 is 0 Å². The maximum atomic E-state index is 3.77. The third-order valence-corrected chi connectivity index (χ3v) is 5.90. The van der Waals surface area contributed by atoms with Gasteiger partial charge in [-0.2, -0.15) is 0 Å². The third-order valence-electron chi connectivity index (χ3n) is 5.90. The average molecular weight is 329 g/mol. The van der Waals surface area contributed by atoms with Crippen LogP contribution in [0.5, 0.6) is 0 Å². The smallest absolute Gasteiger partial charge is 0.0463 e. The molecule has 0 unspecified atom stereocenters. The zero-order valence-corrected chi connectivity index (χ0v) is 15.7. The van der Waals surface area contributed by atoms with Gasteiger partial charge in [-0.1, -0.05) is 76.2 Å². The van der Waals surface area contributed by atoms with E-state index in [-0.39, 0.29) is 10.8 Å². The normalized spacial score (nSPS) is 17.9. The van der Waals surface area contributed by atoms with Crippen LogP contribution in [0.25, 0.3) is 10.8 Å². The minimum absolute atomic E-state index is 0.193. The topological polar surface area (TPSA) is 12.0 Å². The molecule has 0 atom stereocenters. The SMILES string of the molecule is CC1(C)CCC(C)(C)c2c(Nc3cccc4ccccc34)cccc21. The molecule has 1 N–H and O–H groups in total. The summed E-state index contributed by atoms with van der Waals surface area (Å²) in [6, 6.07) is 21.8. The van der Waals surface area contributed by atoms with E-state index in [4.69, 9.17) is 0 Å². The molecule has 1 nitrogen and oxygen atoms in total. The molecule has 0 amide bonds. The lowest BCUT2D eigenvalue weighted by Crippen LogP contribution is -2.34. The zero-order chi connectivity index (χ0) is 17.7. The fraction of sp³-hybridized carbons (Fsp3) is 0.333. The van der Waals surface area contributed by atoms with E-state index in [0.29, 0.717) is 0 Å². The molecule has 128 valence electrons. The van der Waals surface area contributed by atoms with Crippen molar-refractivity contribution in [2.45, 2.75) is 51.4 Å². The van der Waals surface area contributed by atoms with E-state index in [1.54, 1.807) is 0 Å². The maximum Gasteiger partial charge on any atom is 0.0463 e. The molecule has 3 aromatic rings. The van der Waals surface area contributed by atoms with Crippen molar-refractivity contribution in [2.75, 3.05) is 5.32 Å². The zero-order valence-electron chi connectivity index (χ0n) is 15.7. The fourth-order valence-electron chi connectivity index (χ4n) is 4.31. The Kier molecular flexibility index (Phi) is 3.64. The van der Waals surface area contributed by atoms with Gasteiger partial charge < -0.3 is 5.32 Å². The maximum absolute atomic E-state index is 3.77. The van der Waals surface area contributed by atoms with Gasteiger partial charge >= 0.3 is 0 Å². The van der Waals surface area contributed by atoms with Crippen molar-refractivity contribution in [1.29, 1.82) is 0 Å². The molecule has 4 rings (SSSR count). The Morgan fingerprint density at radius 3 is 2.16 bits per heavy atom. The van der Waals surface area contributed by atoms with Gasteiger partial charge in [0.1, 0.15) is 0 Å². The molecule has 0 radical (unpaired) electrons. The highest BCUT2D eigenvalue weighted by molar-refractivity contribution is 5.95. The molecule has 0 spiro atoms. The Morgan fingerprint density at radius 1 is 0.680 bits per heavy atom. The summed E-state index contributed by atoms with van der Waals surface area (Å²) >= 11 is 0. The summed E-state index contributed by atoms with van der Waals surface area (Å²) in [7, 11) is 0. The Hall–Kier alpha value is -2.28. The molecule has 3 aromatic carbocycles. The highest BCUT2D eigenvalue weighted by atomic mass is 14.9. The van der Waals surface area contributed by atoms with E-state index in [2.05, 4.69) is 93.7 Å². The van der Waals surface area contributed by atoms with Crippen LogP contribution in [0, 0.1) is 0 Å². The first-order chi connectivity index (χ1) is 11.9. The fourth-order valence-corrected chi connectivity index (χ4v) is 4.31. The first kappa shape index (κ1) is 16.2.